The van der Waals surface area contributed by atoms with Crippen LogP contribution in [0.1, 0.15) is 43.2 Å². The summed E-state index contributed by atoms with van der Waals surface area (Å²) in [6.07, 6.45) is 4.04. The average molecular weight is 400 g/mol. The maximum Gasteiger partial charge on any atom is 0.308 e. The lowest BCUT2D eigenvalue weighted by molar-refractivity contribution is -0.149. The van der Waals surface area contributed by atoms with Crippen molar-refractivity contribution in [3.63, 3.8) is 0 Å². The molecule has 156 valence electrons. The van der Waals surface area contributed by atoms with Crippen molar-refractivity contribution in [3.05, 3.63) is 35.4 Å². The van der Waals surface area contributed by atoms with Crippen LogP contribution in [0.2, 0.25) is 0 Å². The van der Waals surface area contributed by atoms with E-state index in [2.05, 4.69) is 5.32 Å². The highest BCUT2D eigenvalue weighted by Crippen LogP contribution is 2.37. The van der Waals surface area contributed by atoms with E-state index < -0.39 is 5.97 Å². The van der Waals surface area contributed by atoms with Crippen LogP contribution in [0.25, 0.3) is 0 Å². The molecule has 0 unspecified atom stereocenters. The summed E-state index contributed by atoms with van der Waals surface area (Å²) in [5, 5.41) is 2.72. The average Bonchev–Trinajstić information content (AvgIpc) is 2.97. The number of hydrogen-bond donors (Lipinski definition) is 1. The third kappa shape index (κ3) is 5.22. The molecule has 1 aromatic rings. The minimum atomic E-state index is -0.588. The van der Waals surface area contributed by atoms with Crippen molar-refractivity contribution in [1.82, 2.24) is 10.2 Å². The van der Waals surface area contributed by atoms with Crippen molar-refractivity contribution in [2.45, 2.75) is 45.4 Å². The molecule has 1 N–H and O–H groups in total. The summed E-state index contributed by atoms with van der Waals surface area (Å²) >= 11 is 0. The number of likely N-dealkylation sites (tertiary alicyclic amines) is 1. The van der Waals surface area contributed by atoms with Gasteiger partial charge in [-0.3, -0.25) is 24.1 Å². The number of aryl methyl sites for hydroxylation is 1. The van der Waals surface area contributed by atoms with Crippen LogP contribution >= 0.6 is 0 Å². The number of nitrogens with one attached hydrogen (secondary N) is 1. The second kappa shape index (κ2) is 9.67. The van der Waals surface area contributed by atoms with E-state index in [4.69, 9.17) is 4.74 Å². The van der Waals surface area contributed by atoms with Crippen LogP contribution in [0, 0.1) is 18.8 Å². The number of carbonyl (C=O) groups is 4. The molecule has 2 aliphatic rings. The van der Waals surface area contributed by atoms with E-state index in [-0.39, 0.29) is 49.1 Å². The molecule has 1 aromatic carbocycles. The molecule has 0 spiro atoms. The van der Waals surface area contributed by atoms with E-state index in [1.807, 2.05) is 31.2 Å². The Balaban J connectivity index is 1.34. The van der Waals surface area contributed by atoms with E-state index in [0.717, 1.165) is 31.2 Å². The first-order valence-electron chi connectivity index (χ1n) is 10.3. The number of imide groups is 1. The maximum atomic E-state index is 12.4. The molecule has 2 fully saturated rings. The molecule has 3 rings (SSSR count). The molecule has 0 radical (unpaired) electrons. The number of esters is 1. The normalized spacial score (nSPS) is 21.1. The number of benzene rings is 1. The molecule has 7 nitrogen and oxygen atoms in total. The zero-order valence-electron chi connectivity index (χ0n) is 16.8. The quantitative estimate of drug-likeness (QED) is 0.530. The lowest BCUT2D eigenvalue weighted by Gasteiger charge is -2.19. The van der Waals surface area contributed by atoms with E-state index >= 15 is 0 Å². The Morgan fingerprint density at radius 1 is 1.10 bits per heavy atom. The van der Waals surface area contributed by atoms with Crippen LogP contribution in [-0.4, -0.2) is 48.3 Å². The zero-order chi connectivity index (χ0) is 20.8. The standard InChI is InChI=1S/C22H28N2O5/c1-15-6-2-3-7-16(15)10-12-23-19(25)14-29-20(26)11-13-24-21(27)17-8-4-5-9-18(17)22(24)28/h2-3,6-7,17-18H,4-5,8-14H2,1H3,(H,23,25)/t17-,18-/m1/s1. The van der Waals surface area contributed by atoms with Crippen LogP contribution in [0.5, 0.6) is 0 Å². The minimum Gasteiger partial charge on any atom is -0.456 e. The van der Waals surface area contributed by atoms with Gasteiger partial charge in [-0.1, -0.05) is 37.1 Å². The van der Waals surface area contributed by atoms with Crippen molar-refractivity contribution in [2.24, 2.45) is 11.8 Å². The predicted octanol–water partition coefficient (Wildman–Crippen LogP) is 1.76. The van der Waals surface area contributed by atoms with Gasteiger partial charge in [0.15, 0.2) is 6.61 Å². The van der Waals surface area contributed by atoms with Crippen LogP contribution in [-0.2, 0) is 30.3 Å². The molecule has 1 aliphatic carbocycles. The second-order valence-electron chi connectivity index (χ2n) is 7.76. The van der Waals surface area contributed by atoms with Crippen LogP contribution in [0.4, 0.5) is 0 Å². The Morgan fingerprint density at radius 3 is 2.41 bits per heavy atom. The largest absolute Gasteiger partial charge is 0.456 e. The van der Waals surface area contributed by atoms with Gasteiger partial charge < -0.3 is 10.1 Å². The van der Waals surface area contributed by atoms with Crippen LogP contribution < -0.4 is 5.32 Å². The molecule has 3 amide bonds. The number of rotatable bonds is 8. The number of nitrogens with zero attached hydrogens (tertiary/aromatic N) is 1. The van der Waals surface area contributed by atoms with Gasteiger partial charge in [-0.05, 0) is 37.3 Å². The van der Waals surface area contributed by atoms with Gasteiger partial charge >= 0.3 is 5.97 Å². The summed E-state index contributed by atoms with van der Waals surface area (Å²) in [7, 11) is 0. The van der Waals surface area contributed by atoms with Gasteiger partial charge in [-0.2, -0.15) is 0 Å². The van der Waals surface area contributed by atoms with E-state index in [1.54, 1.807) is 0 Å². The fraction of sp³-hybridized carbons (Fsp3) is 0.545. The van der Waals surface area contributed by atoms with Gasteiger partial charge in [0, 0.05) is 13.1 Å². The monoisotopic (exact) mass is 400 g/mol. The molecule has 0 bridgehead atoms. The molecule has 7 heteroatoms. The SMILES string of the molecule is Cc1ccccc1CCNC(=O)COC(=O)CCN1C(=O)[C@@H]2CCCC[C@H]2C1=O. The molecular formula is C22H28N2O5. The number of hydrogen-bond acceptors (Lipinski definition) is 5. The van der Waals surface area contributed by atoms with Gasteiger partial charge in [-0.15, -0.1) is 0 Å². The molecule has 0 aromatic heterocycles. The lowest BCUT2D eigenvalue weighted by atomic mass is 9.81. The summed E-state index contributed by atoms with van der Waals surface area (Å²) in [5.74, 6) is -1.72. The van der Waals surface area contributed by atoms with Gasteiger partial charge in [0.2, 0.25) is 11.8 Å². The van der Waals surface area contributed by atoms with Gasteiger partial charge in [0.05, 0.1) is 18.3 Å². The third-order valence-electron chi connectivity index (χ3n) is 5.81. The van der Waals surface area contributed by atoms with Crippen molar-refractivity contribution in [1.29, 1.82) is 0 Å². The first-order chi connectivity index (χ1) is 14.0. The molecule has 29 heavy (non-hydrogen) atoms. The molecule has 2 atom stereocenters. The van der Waals surface area contributed by atoms with Crippen molar-refractivity contribution in [3.8, 4) is 0 Å². The fourth-order valence-corrected chi connectivity index (χ4v) is 4.15. The Bertz CT molecular complexity index is 767. The highest BCUT2D eigenvalue weighted by atomic mass is 16.5. The first-order valence-corrected chi connectivity index (χ1v) is 10.3. The second-order valence-corrected chi connectivity index (χ2v) is 7.76. The van der Waals surface area contributed by atoms with Crippen molar-refractivity contribution in [2.75, 3.05) is 19.7 Å². The van der Waals surface area contributed by atoms with Crippen LogP contribution in [0.3, 0.4) is 0 Å². The van der Waals surface area contributed by atoms with Crippen molar-refractivity contribution < 1.29 is 23.9 Å². The first kappa shape index (κ1) is 21.0. The predicted molar refractivity (Wildman–Crippen MR) is 106 cm³/mol. The summed E-state index contributed by atoms with van der Waals surface area (Å²) in [6, 6.07) is 7.95. The summed E-state index contributed by atoms with van der Waals surface area (Å²) < 4.78 is 4.98. The van der Waals surface area contributed by atoms with E-state index in [9.17, 15) is 19.2 Å². The van der Waals surface area contributed by atoms with Gasteiger partial charge in [0.1, 0.15) is 0 Å². The lowest BCUT2D eigenvalue weighted by Crippen LogP contribution is -2.34. The highest BCUT2D eigenvalue weighted by molar-refractivity contribution is 6.05. The topological polar surface area (TPSA) is 92.8 Å². The smallest absolute Gasteiger partial charge is 0.308 e. The molecule has 1 saturated carbocycles. The van der Waals surface area contributed by atoms with Crippen LogP contribution in [0.15, 0.2) is 24.3 Å². The summed E-state index contributed by atoms with van der Waals surface area (Å²) in [5.41, 5.74) is 2.32. The Hall–Kier alpha value is -2.70. The Kier molecular flexibility index (Phi) is 7.01. The molecule has 1 saturated heterocycles. The third-order valence-corrected chi connectivity index (χ3v) is 5.81. The number of amides is 3. The molecular weight excluding hydrogens is 372 g/mol. The fourth-order valence-electron chi connectivity index (χ4n) is 4.15. The summed E-state index contributed by atoms with van der Waals surface area (Å²) in [4.78, 5) is 49.7. The molecule has 1 aliphatic heterocycles. The maximum absolute atomic E-state index is 12.4. The number of carbonyl (C=O) groups excluding carboxylic acids is 4. The van der Waals surface area contributed by atoms with E-state index in [0.29, 0.717) is 13.0 Å². The highest BCUT2D eigenvalue weighted by Gasteiger charge is 2.47. The van der Waals surface area contributed by atoms with Gasteiger partial charge in [0.25, 0.3) is 5.91 Å². The van der Waals surface area contributed by atoms with Crippen molar-refractivity contribution >= 4 is 23.7 Å². The van der Waals surface area contributed by atoms with Gasteiger partial charge in [-0.25, -0.2) is 0 Å². The zero-order valence-corrected chi connectivity index (χ0v) is 16.8. The molecule has 1 heterocycles. The Labute approximate surface area is 170 Å². The minimum absolute atomic E-state index is 0.0262. The van der Waals surface area contributed by atoms with E-state index in [1.165, 1.54) is 10.5 Å². The summed E-state index contributed by atoms with van der Waals surface area (Å²) in [6.45, 7) is 2.14. The Morgan fingerprint density at radius 2 is 1.76 bits per heavy atom. The number of fused-ring (bicyclic) bond motifs is 1. The number of ether oxygens (including phenoxy) is 1.